The summed E-state index contributed by atoms with van der Waals surface area (Å²) in [6.07, 6.45) is 5.98. The molecule has 1 aromatic heterocycles. The fourth-order valence-corrected chi connectivity index (χ4v) is 6.97. The largest absolute Gasteiger partial charge is 0.490 e. The van der Waals surface area contributed by atoms with Crippen LogP contribution >= 0.6 is 0 Å². The van der Waals surface area contributed by atoms with Crippen molar-refractivity contribution in [3.05, 3.63) is 65.5 Å². The molecule has 220 valence electrons. The number of nitriles is 1. The first-order chi connectivity index (χ1) is 19.8. The maximum Gasteiger partial charge on any atom is 0.223 e. The van der Waals surface area contributed by atoms with Crippen LogP contribution in [0.2, 0.25) is 18.1 Å². The molecular weight excluding hydrogens is 540 g/mol. The Morgan fingerprint density at radius 1 is 1.12 bits per heavy atom. The van der Waals surface area contributed by atoms with Gasteiger partial charge in [-0.15, -0.1) is 0 Å². The molecule has 0 radical (unpaired) electrons. The SMILES string of the molecule is CC(C)Oc1ccc(-c2cnc(-c3cccc4c3CCC43CC(=O)N(CCO[Si](C)(C)C(C)(C)C)C3)cn2)cc1C#N. The fraction of sp³-hybridized carbons (Fsp3) is 0.471. The molecule has 1 saturated heterocycles. The fourth-order valence-electron chi connectivity index (χ4n) is 5.93. The van der Waals surface area contributed by atoms with Gasteiger partial charge in [0.2, 0.25) is 5.91 Å². The first-order valence-electron chi connectivity index (χ1n) is 14.9. The van der Waals surface area contributed by atoms with Gasteiger partial charge in [-0.1, -0.05) is 39.0 Å². The lowest BCUT2D eigenvalue weighted by Gasteiger charge is -2.36. The average Bonchev–Trinajstić information content (AvgIpc) is 3.46. The van der Waals surface area contributed by atoms with Crippen LogP contribution in [0, 0.1) is 11.3 Å². The number of hydrogen-bond donors (Lipinski definition) is 0. The number of carbonyl (C=O) groups excluding carboxylic acids is 1. The van der Waals surface area contributed by atoms with Gasteiger partial charge in [-0.05, 0) is 74.1 Å². The summed E-state index contributed by atoms with van der Waals surface area (Å²) in [5.41, 5.74) is 6.28. The number of carbonyl (C=O) groups is 1. The molecule has 1 amide bonds. The molecule has 1 unspecified atom stereocenters. The van der Waals surface area contributed by atoms with Gasteiger partial charge in [-0.25, -0.2) is 0 Å². The van der Waals surface area contributed by atoms with E-state index in [1.54, 1.807) is 12.3 Å². The Morgan fingerprint density at radius 2 is 1.86 bits per heavy atom. The highest BCUT2D eigenvalue weighted by Crippen LogP contribution is 2.48. The normalized spacial score (nSPS) is 18.5. The molecule has 42 heavy (non-hydrogen) atoms. The summed E-state index contributed by atoms with van der Waals surface area (Å²) in [4.78, 5) is 24.7. The predicted octanol–water partition coefficient (Wildman–Crippen LogP) is 6.91. The van der Waals surface area contributed by atoms with E-state index in [4.69, 9.17) is 19.1 Å². The summed E-state index contributed by atoms with van der Waals surface area (Å²) >= 11 is 0. The van der Waals surface area contributed by atoms with E-state index in [1.165, 1.54) is 11.1 Å². The molecule has 2 aliphatic rings. The summed E-state index contributed by atoms with van der Waals surface area (Å²) in [7, 11) is -1.85. The minimum atomic E-state index is -1.85. The van der Waals surface area contributed by atoms with Gasteiger partial charge in [0, 0.05) is 36.1 Å². The van der Waals surface area contributed by atoms with E-state index < -0.39 is 8.32 Å². The number of aromatic nitrogens is 2. The molecule has 1 fully saturated rings. The van der Waals surface area contributed by atoms with Crippen molar-refractivity contribution in [2.75, 3.05) is 19.7 Å². The van der Waals surface area contributed by atoms with Crippen molar-refractivity contribution >= 4 is 14.2 Å². The molecule has 0 saturated carbocycles. The quantitative estimate of drug-likeness (QED) is 0.268. The summed E-state index contributed by atoms with van der Waals surface area (Å²) in [5.74, 6) is 0.791. The minimum absolute atomic E-state index is 0.0134. The van der Waals surface area contributed by atoms with Crippen LogP contribution in [-0.2, 0) is 21.1 Å². The third kappa shape index (κ3) is 5.73. The smallest absolute Gasteiger partial charge is 0.223 e. The van der Waals surface area contributed by atoms with Gasteiger partial charge in [0.15, 0.2) is 8.32 Å². The third-order valence-electron chi connectivity index (χ3n) is 9.25. The molecule has 1 aliphatic heterocycles. The molecule has 1 atom stereocenters. The number of hydrogen-bond acceptors (Lipinski definition) is 6. The van der Waals surface area contributed by atoms with Crippen LogP contribution in [0.4, 0.5) is 0 Å². The lowest BCUT2D eigenvalue weighted by molar-refractivity contribution is -0.128. The van der Waals surface area contributed by atoms with Crippen molar-refractivity contribution in [2.45, 2.75) is 83.5 Å². The number of benzene rings is 2. The Morgan fingerprint density at radius 3 is 2.52 bits per heavy atom. The summed E-state index contributed by atoms with van der Waals surface area (Å²) in [6, 6.07) is 14.1. The Balaban J connectivity index is 1.33. The highest BCUT2D eigenvalue weighted by Gasteiger charge is 2.48. The molecule has 8 heteroatoms. The van der Waals surface area contributed by atoms with E-state index in [-0.39, 0.29) is 22.5 Å². The monoisotopic (exact) mass is 582 g/mol. The van der Waals surface area contributed by atoms with E-state index in [2.05, 4.69) is 58.1 Å². The van der Waals surface area contributed by atoms with Gasteiger partial charge in [-0.2, -0.15) is 5.26 Å². The van der Waals surface area contributed by atoms with Gasteiger partial charge in [-0.3, -0.25) is 14.8 Å². The lowest BCUT2D eigenvalue weighted by atomic mass is 9.80. The number of likely N-dealkylation sites (tertiary alicyclic amines) is 1. The average molecular weight is 583 g/mol. The minimum Gasteiger partial charge on any atom is -0.490 e. The molecule has 1 spiro atoms. The molecule has 2 heterocycles. The van der Waals surface area contributed by atoms with Gasteiger partial charge in [0.05, 0.1) is 42.1 Å². The standard InChI is InChI=1S/C34H42N4O3Si/c1-23(2)41-31-12-11-24(17-25(31)19-35)29-20-37-30(21-36-29)27-9-8-10-28-26(27)13-14-34(28)18-32(39)38(22-34)15-16-40-42(6,7)33(3,4)5/h8-12,17,20-21,23H,13-16,18,22H2,1-7H3. The maximum atomic E-state index is 13.2. The summed E-state index contributed by atoms with van der Waals surface area (Å²) < 4.78 is 12.1. The molecule has 0 N–H and O–H groups in total. The zero-order valence-corrected chi connectivity index (χ0v) is 27.0. The second kappa shape index (κ2) is 11.3. The van der Waals surface area contributed by atoms with Crippen LogP contribution in [-0.4, -0.2) is 54.9 Å². The lowest BCUT2D eigenvalue weighted by Crippen LogP contribution is -2.43. The zero-order chi connectivity index (χ0) is 30.3. The second-order valence-electron chi connectivity index (χ2n) is 13.5. The van der Waals surface area contributed by atoms with Crippen LogP contribution in [0.15, 0.2) is 48.8 Å². The first kappa shape index (κ1) is 29.9. The zero-order valence-electron chi connectivity index (χ0n) is 26.0. The van der Waals surface area contributed by atoms with Crippen LogP contribution < -0.4 is 4.74 Å². The number of ether oxygens (including phenoxy) is 1. The van der Waals surface area contributed by atoms with Gasteiger partial charge in [0.1, 0.15) is 11.8 Å². The van der Waals surface area contributed by atoms with Gasteiger partial charge < -0.3 is 14.1 Å². The Kier molecular flexibility index (Phi) is 8.03. The second-order valence-corrected chi connectivity index (χ2v) is 18.3. The van der Waals surface area contributed by atoms with E-state index >= 15 is 0 Å². The molecule has 3 aromatic rings. The highest BCUT2D eigenvalue weighted by atomic mass is 28.4. The molecule has 1 aliphatic carbocycles. The van der Waals surface area contributed by atoms with Gasteiger partial charge in [0.25, 0.3) is 0 Å². The van der Waals surface area contributed by atoms with Crippen LogP contribution in [0.1, 0.15) is 64.2 Å². The van der Waals surface area contributed by atoms with E-state index in [0.29, 0.717) is 36.6 Å². The van der Waals surface area contributed by atoms with E-state index in [9.17, 15) is 10.1 Å². The topological polar surface area (TPSA) is 88.3 Å². The van der Waals surface area contributed by atoms with Crippen molar-refractivity contribution < 1.29 is 14.0 Å². The number of amides is 1. The molecule has 0 bridgehead atoms. The number of rotatable bonds is 8. The first-order valence-corrected chi connectivity index (χ1v) is 17.8. The van der Waals surface area contributed by atoms with Crippen molar-refractivity contribution in [2.24, 2.45) is 0 Å². The van der Waals surface area contributed by atoms with Crippen LogP contribution in [0.5, 0.6) is 5.75 Å². The highest BCUT2D eigenvalue weighted by molar-refractivity contribution is 6.74. The van der Waals surface area contributed by atoms with Gasteiger partial charge >= 0.3 is 0 Å². The summed E-state index contributed by atoms with van der Waals surface area (Å²) in [6.45, 7) is 17.1. The molecular formula is C34H42N4O3Si. The predicted molar refractivity (Wildman–Crippen MR) is 168 cm³/mol. The Hall–Kier alpha value is -3.54. The van der Waals surface area contributed by atoms with E-state index in [1.807, 2.05) is 37.1 Å². The Bertz CT molecular complexity index is 1520. The van der Waals surface area contributed by atoms with Crippen molar-refractivity contribution in [1.82, 2.24) is 14.9 Å². The van der Waals surface area contributed by atoms with Crippen LogP contribution in [0.3, 0.4) is 0 Å². The molecule has 5 rings (SSSR count). The Labute approximate surface area is 251 Å². The van der Waals surface area contributed by atoms with Crippen LogP contribution in [0.25, 0.3) is 22.5 Å². The number of nitrogens with zero attached hydrogens (tertiary/aromatic N) is 4. The van der Waals surface area contributed by atoms with Crippen molar-refractivity contribution in [1.29, 1.82) is 5.26 Å². The molecule has 7 nitrogen and oxygen atoms in total. The number of fused-ring (bicyclic) bond motifs is 2. The van der Waals surface area contributed by atoms with E-state index in [0.717, 1.165) is 36.2 Å². The van der Waals surface area contributed by atoms with Crippen molar-refractivity contribution in [3.8, 4) is 34.3 Å². The molecule has 2 aromatic carbocycles. The third-order valence-corrected chi connectivity index (χ3v) is 13.8. The van der Waals surface area contributed by atoms with Crippen molar-refractivity contribution in [3.63, 3.8) is 0 Å². The summed E-state index contributed by atoms with van der Waals surface area (Å²) in [5, 5.41) is 9.76. The maximum absolute atomic E-state index is 13.2.